The molecule has 100 valence electrons. The number of rotatable bonds is 4. The van der Waals surface area contributed by atoms with Crippen LogP contribution in [-0.2, 0) is 6.42 Å². The molecule has 1 aromatic rings. The molecule has 1 aliphatic carbocycles. The predicted octanol–water partition coefficient (Wildman–Crippen LogP) is 2.14. The minimum Gasteiger partial charge on any atom is -0.396 e. The molecule has 2 rings (SSSR count). The van der Waals surface area contributed by atoms with E-state index in [0.717, 1.165) is 25.7 Å². The molecular weight excluding hydrogens is 233 g/mol. The summed E-state index contributed by atoms with van der Waals surface area (Å²) >= 11 is 0. The highest BCUT2D eigenvalue weighted by atomic mass is 19.1. The van der Waals surface area contributed by atoms with E-state index >= 15 is 0 Å². The zero-order valence-corrected chi connectivity index (χ0v) is 10.7. The summed E-state index contributed by atoms with van der Waals surface area (Å²) in [6, 6.07) is 0.109. The fraction of sp³-hybridized carbons (Fsp3) is 0.692. The predicted molar refractivity (Wildman–Crippen MR) is 67.8 cm³/mol. The highest BCUT2D eigenvalue weighted by molar-refractivity contribution is 5.38. The molecule has 0 aliphatic heterocycles. The van der Waals surface area contributed by atoms with Crippen LogP contribution in [0.5, 0.6) is 0 Å². The second-order valence-corrected chi connectivity index (χ2v) is 4.81. The minimum atomic E-state index is -0.359. The number of aliphatic hydroxyl groups excluding tert-OH is 1. The van der Waals surface area contributed by atoms with Gasteiger partial charge in [-0.3, -0.25) is 0 Å². The minimum absolute atomic E-state index is 0.109. The van der Waals surface area contributed by atoms with Crippen molar-refractivity contribution in [2.45, 2.75) is 45.1 Å². The molecule has 1 fully saturated rings. The summed E-state index contributed by atoms with van der Waals surface area (Å²) in [5.74, 6) is 0.104. The number of aromatic nitrogens is 2. The molecule has 4 nitrogen and oxygen atoms in total. The maximum Gasteiger partial charge on any atom is 0.186 e. The lowest BCUT2D eigenvalue weighted by Crippen LogP contribution is -2.35. The van der Waals surface area contributed by atoms with Gasteiger partial charge in [0.2, 0.25) is 0 Å². The number of aliphatic hydroxyl groups is 1. The highest BCUT2D eigenvalue weighted by Crippen LogP contribution is 2.27. The molecule has 1 aromatic heterocycles. The van der Waals surface area contributed by atoms with Crippen LogP contribution in [0.3, 0.4) is 0 Å². The van der Waals surface area contributed by atoms with Gasteiger partial charge in [-0.05, 0) is 19.3 Å². The monoisotopic (exact) mass is 253 g/mol. The molecule has 1 heterocycles. The van der Waals surface area contributed by atoms with E-state index in [1.165, 1.54) is 6.33 Å². The van der Waals surface area contributed by atoms with Crippen LogP contribution in [0.1, 0.15) is 38.3 Å². The van der Waals surface area contributed by atoms with Crippen LogP contribution in [-0.4, -0.2) is 27.7 Å². The van der Waals surface area contributed by atoms with Crippen molar-refractivity contribution in [3.05, 3.63) is 17.8 Å². The van der Waals surface area contributed by atoms with E-state index in [0.29, 0.717) is 12.1 Å². The number of hydrogen-bond acceptors (Lipinski definition) is 4. The molecule has 0 radical (unpaired) electrons. The van der Waals surface area contributed by atoms with E-state index < -0.39 is 0 Å². The normalized spacial score (nSPS) is 23.9. The number of anilines is 1. The summed E-state index contributed by atoms with van der Waals surface area (Å²) in [7, 11) is 0. The molecule has 1 aliphatic rings. The van der Waals surface area contributed by atoms with Gasteiger partial charge in [-0.1, -0.05) is 19.8 Å². The lowest BCUT2D eigenvalue weighted by molar-refractivity contribution is 0.178. The van der Waals surface area contributed by atoms with Gasteiger partial charge in [0.25, 0.3) is 0 Å². The standard InChI is InChI=1S/C13H20FN3O/c1-2-10-12(14)13(16-8-15-10)17-11-6-4-3-5-9(11)7-18/h8-9,11,18H,2-7H2,1H3,(H,15,16,17). The van der Waals surface area contributed by atoms with E-state index in [-0.39, 0.29) is 30.2 Å². The van der Waals surface area contributed by atoms with E-state index in [4.69, 9.17) is 0 Å². The Bertz CT molecular complexity index is 400. The third-order valence-corrected chi connectivity index (χ3v) is 3.66. The average Bonchev–Trinajstić information content (AvgIpc) is 2.42. The van der Waals surface area contributed by atoms with E-state index in [1.54, 1.807) is 0 Å². The van der Waals surface area contributed by atoms with Crippen LogP contribution >= 0.6 is 0 Å². The first kappa shape index (κ1) is 13.2. The van der Waals surface area contributed by atoms with Crippen LogP contribution in [0.25, 0.3) is 0 Å². The van der Waals surface area contributed by atoms with Crippen molar-refractivity contribution in [1.29, 1.82) is 0 Å². The van der Waals surface area contributed by atoms with Gasteiger partial charge in [-0.2, -0.15) is 0 Å². The molecule has 0 spiro atoms. The van der Waals surface area contributed by atoms with Crippen LogP contribution in [0.4, 0.5) is 10.2 Å². The van der Waals surface area contributed by atoms with E-state index in [9.17, 15) is 9.50 Å². The van der Waals surface area contributed by atoms with Crippen molar-refractivity contribution in [2.24, 2.45) is 5.92 Å². The summed E-state index contributed by atoms with van der Waals surface area (Å²) in [6.07, 6.45) is 6.13. The van der Waals surface area contributed by atoms with Crippen molar-refractivity contribution in [3.63, 3.8) is 0 Å². The lowest BCUT2D eigenvalue weighted by Gasteiger charge is -2.31. The molecule has 0 aromatic carbocycles. The number of nitrogens with zero attached hydrogens (tertiary/aromatic N) is 2. The average molecular weight is 253 g/mol. The molecule has 2 N–H and O–H groups in total. The Kier molecular flexibility index (Phi) is 4.47. The number of nitrogens with one attached hydrogen (secondary N) is 1. The van der Waals surface area contributed by atoms with Gasteiger partial charge < -0.3 is 10.4 Å². The van der Waals surface area contributed by atoms with Crippen LogP contribution in [0.15, 0.2) is 6.33 Å². The molecule has 18 heavy (non-hydrogen) atoms. The maximum atomic E-state index is 14.0. The van der Waals surface area contributed by atoms with E-state index in [2.05, 4.69) is 15.3 Å². The summed E-state index contributed by atoms with van der Waals surface area (Å²) < 4.78 is 14.0. The van der Waals surface area contributed by atoms with Gasteiger partial charge >= 0.3 is 0 Å². The topological polar surface area (TPSA) is 58.0 Å². The van der Waals surface area contributed by atoms with Gasteiger partial charge in [0, 0.05) is 18.6 Å². The third-order valence-electron chi connectivity index (χ3n) is 3.66. The second kappa shape index (κ2) is 6.09. The molecule has 0 amide bonds. The Labute approximate surface area is 107 Å². The zero-order valence-electron chi connectivity index (χ0n) is 10.7. The first-order valence-electron chi connectivity index (χ1n) is 6.63. The van der Waals surface area contributed by atoms with Crippen molar-refractivity contribution in [3.8, 4) is 0 Å². The fourth-order valence-electron chi connectivity index (χ4n) is 2.55. The van der Waals surface area contributed by atoms with Gasteiger partial charge in [-0.25, -0.2) is 14.4 Å². The quantitative estimate of drug-likeness (QED) is 0.863. The molecule has 1 saturated carbocycles. The Morgan fingerprint density at radius 3 is 2.89 bits per heavy atom. The largest absolute Gasteiger partial charge is 0.396 e. The molecule has 2 unspecified atom stereocenters. The first-order chi connectivity index (χ1) is 8.76. The van der Waals surface area contributed by atoms with Gasteiger partial charge in [0.05, 0.1) is 5.69 Å². The highest BCUT2D eigenvalue weighted by Gasteiger charge is 2.25. The fourth-order valence-corrected chi connectivity index (χ4v) is 2.55. The Balaban J connectivity index is 2.12. The Morgan fingerprint density at radius 2 is 2.17 bits per heavy atom. The van der Waals surface area contributed by atoms with Crippen molar-refractivity contribution in [1.82, 2.24) is 9.97 Å². The molecular formula is C13H20FN3O. The summed E-state index contributed by atoms with van der Waals surface area (Å²) in [5, 5.41) is 12.5. The van der Waals surface area contributed by atoms with Gasteiger partial charge in [0.15, 0.2) is 11.6 Å². The summed E-state index contributed by atoms with van der Waals surface area (Å²) in [6.45, 7) is 2.01. The Morgan fingerprint density at radius 1 is 1.39 bits per heavy atom. The smallest absolute Gasteiger partial charge is 0.186 e. The van der Waals surface area contributed by atoms with Crippen LogP contribution in [0, 0.1) is 11.7 Å². The van der Waals surface area contributed by atoms with Crippen molar-refractivity contribution in [2.75, 3.05) is 11.9 Å². The van der Waals surface area contributed by atoms with Crippen LogP contribution in [0.2, 0.25) is 0 Å². The molecule has 0 bridgehead atoms. The Hall–Kier alpha value is -1.23. The molecule has 2 atom stereocenters. The molecule has 5 heteroatoms. The summed E-state index contributed by atoms with van der Waals surface area (Å²) in [5.41, 5.74) is 0.434. The van der Waals surface area contributed by atoms with Gasteiger partial charge in [0.1, 0.15) is 6.33 Å². The van der Waals surface area contributed by atoms with Gasteiger partial charge in [-0.15, -0.1) is 0 Å². The number of aryl methyl sites for hydroxylation is 1. The van der Waals surface area contributed by atoms with Crippen molar-refractivity contribution < 1.29 is 9.50 Å². The zero-order chi connectivity index (χ0) is 13.0. The third kappa shape index (κ3) is 2.77. The number of hydrogen-bond donors (Lipinski definition) is 2. The van der Waals surface area contributed by atoms with Crippen LogP contribution < -0.4 is 5.32 Å². The first-order valence-corrected chi connectivity index (χ1v) is 6.63. The lowest BCUT2D eigenvalue weighted by atomic mass is 9.85. The van der Waals surface area contributed by atoms with E-state index in [1.807, 2.05) is 6.92 Å². The summed E-state index contributed by atoms with van der Waals surface area (Å²) in [4.78, 5) is 7.89. The second-order valence-electron chi connectivity index (χ2n) is 4.81. The molecule has 0 saturated heterocycles. The number of halogens is 1. The SMILES string of the molecule is CCc1ncnc(NC2CCCCC2CO)c1F. The van der Waals surface area contributed by atoms with Crippen molar-refractivity contribution >= 4 is 5.82 Å². The maximum absolute atomic E-state index is 14.0.